The lowest BCUT2D eigenvalue weighted by Gasteiger charge is -2.21. The minimum atomic E-state index is -0.115. The van der Waals surface area contributed by atoms with Gasteiger partial charge in [-0.05, 0) is 47.0 Å². The molecule has 24 heavy (non-hydrogen) atoms. The summed E-state index contributed by atoms with van der Waals surface area (Å²) in [6.07, 6.45) is 5.73. The number of carbonyl (C=O) groups excluding carboxylic acids is 1. The van der Waals surface area contributed by atoms with Crippen LogP contribution in [-0.2, 0) is 6.54 Å². The summed E-state index contributed by atoms with van der Waals surface area (Å²) in [6.45, 7) is 1.00. The number of nitrogens with two attached hydrogens (primary N) is 1. The second-order valence-electron chi connectivity index (χ2n) is 5.47. The maximum absolute atomic E-state index is 12.5. The molecule has 2 aromatic rings. The van der Waals surface area contributed by atoms with E-state index in [4.69, 9.17) is 28.9 Å². The van der Waals surface area contributed by atoms with E-state index in [1.807, 2.05) is 30.4 Å². The standard InChI is InChI=1S/C19H16Cl2N2O/c20-17-5-4-16(11-18(17)21)19(24)23-8-6-14(7-9-23)15-3-1-2-13(10-15)12-22/h1-8,10-11H,9,12,22H2. The van der Waals surface area contributed by atoms with Crippen LogP contribution < -0.4 is 5.73 Å². The van der Waals surface area contributed by atoms with Gasteiger partial charge in [0.15, 0.2) is 0 Å². The van der Waals surface area contributed by atoms with Gasteiger partial charge in [0, 0.05) is 24.9 Å². The molecule has 3 rings (SSSR count). The largest absolute Gasteiger partial charge is 0.326 e. The third-order valence-electron chi connectivity index (χ3n) is 3.87. The van der Waals surface area contributed by atoms with Gasteiger partial charge in [0.05, 0.1) is 10.0 Å². The molecular weight excluding hydrogens is 343 g/mol. The van der Waals surface area contributed by atoms with Gasteiger partial charge in [0.25, 0.3) is 5.91 Å². The Morgan fingerprint density at radius 3 is 2.62 bits per heavy atom. The highest BCUT2D eigenvalue weighted by atomic mass is 35.5. The van der Waals surface area contributed by atoms with Gasteiger partial charge in [-0.1, -0.05) is 47.5 Å². The van der Waals surface area contributed by atoms with Gasteiger partial charge < -0.3 is 10.6 Å². The third-order valence-corrected chi connectivity index (χ3v) is 4.60. The molecule has 5 heteroatoms. The number of amides is 1. The van der Waals surface area contributed by atoms with E-state index < -0.39 is 0 Å². The van der Waals surface area contributed by atoms with E-state index in [0.717, 1.165) is 16.7 Å². The first-order valence-corrected chi connectivity index (χ1v) is 8.28. The molecule has 0 aromatic heterocycles. The first kappa shape index (κ1) is 16.8. The van der Waals surface area contributed by atoms with Gasteiger partial charge in [-0.25, -0.2) is 0 Å². The number of hydrogen-bond donors (Lipinski definition) is 1. The Hall–Kier alpha value is -2.07. The lowest BCUT2D eigenvalue weighted by molar-refractivity contribution is 0.0834. The van der Waals surface area contributed by atoms with E-state index >= 15 is 0 Å². The fraction of sp³-hybridized carbons (Fsp3) is 0.105. The monoisotopic (exact) mass is 358 g/mol. The second kappa shape index (κ2) is 7.22. The highest BCUT2D eigenvalue weighted by molar-refractivity contribution is 6.42. The smallest absolute Gasteiger partial charge is 0.258 e. The topological polar surface area (TPSA) is 46.3 Å². The molecule has 0 unspecified atom stereocenters. The van der Waals surface area contributed by atoms with Crippen LogP contribution in [0, 0.1) is 0 Å². The van der Waals surface area contributed by atoms with E-state index in [9.17, 15) is 4.79 Å². The minimum Gasteiger partial charge on any atom is -0.326 e. The molecule has 0 bridgehead atoms. The van der Waals surface area contributed by atoms with E-state index in [1.165, 1.54) is 0 Å². The predicted molar refractivity (Wildman–Crippen MR) is 98.9 cm³/mol. The number of benzene rings is 2. The number of rotatable bonds is 3. The van der Waals surface area contributed by atoms with Gasteiger partial charge in [-0.15, -0.1) is 0 Å². The van der Waals surface area contributed by atoms with E-state index in [-0.39, 0.29) is 5.91 Å². The molecule has 0 fully saturated rings. The van der Waals surface area contributed by atoms with Gasteiger partial charge in [-0.3, -0.25) is 4.79 Å². The predicted octanol–water partition coefficient (Wildman–Crippen LogP) is 4.51. The van der Waals surface area contributed by atoms with Crippen molar-refractivity contribution in [3.8, 4) is 0 Å². The Morgan fingerprint density at radius 2 is 1.96 bits per heavy atom. The van der Waals surface area contributed by atoms with Gasteiger partial charge in [0.2, 0.25) is 0 Å². The van der Waals surface area contributed by atoms with Crippen LogP contribution in [0.2, 0.25) is 10.0 Å². The lowest BCUT2D eigenvalue weighted by Crippen LogP contribution is -2.27. The van der Waals surface area contributed by atoms with Crippen LogP contribution in [0.3, 0.4) is 0 Å². The van der Waals surface area contributed by atoms with E-state index in [0.29, 0.717) is 28.7 Å². The van der Waals surface area contributed by atoms with Crippen molar-refractivity contribution in [2.75, 3.05) is 6.54 Å². The Labute approximate surface area is 151 Å². The normalized spacial score (nSPS) is 13.8. The van der Waals surface area contributed by atoms with Crippen molar-refractivity contribution in [1.82, 2.24) is 4.90 Å². The molecule has 1 amide bonds. The van der Waals surface area contributed by atoms with Crippen LogP contribution >= 0.6 is 23.2 Å². The number of hydrogen-bond acceptors (Lipinski definition) is 2. The van der Waals surface area contributed by atoms with E-state index in [2.05, 4.69) is 6.07 Å². The quantitative estimate of drug-likeness (QED) is 0.877. The zero-order valence-corrected chi connectivity index (χ0v) is 14.4. The lowest BCUT2D eigenvalue weighted by atomic mass is 10.0. The molecule has 0 spiro atoms. The summed E-state index contributed by atoms with van der Waals surface area (Å²) >= 11 is 11.9. The van der Waals surface area contributed by atoms with Crippen molar-refractivity contribution >= 4 is 34.7 Å². The van der Waals surface area contributed by atoms with Crippen LogP contribution in [0.4, 0.5) is 0 Å². The molecular formula is C19H16Cl2N2O. The molecule has 2 N–H and O–H groups in total. The number of allylic oxidation sites excluding steroid dienone is 2. The van der Waals surface area contributed by atoms with Crippen molar-refractivity contribution in [2.45, 2.75) is 6.54 Å². The third kappa shape index (κ3) is 3.54. The fourth-order valence-electron chi connectivity index (χ4n) is 2.53. The SMILES string of the molecule is NCc1cccc(C2=CCN(C(=O)c3ccc(Cl)c(Cl)c3)C=C2)c1. The molecule has 122 valence electrons. The van der Waals surface area contributed by atoms with Crippen LogP contribution in [0.15, 0.2) is 60.8 Å². The molecule has 0 saturated heterocycles. The minimum absolute atomic E-state index is 0.115. The number of nitrogens with zero attached hydrogens (tertiary/aromatic N) is 1. The van der Waals surface area contributed by atoms with Gasteiger partial charge in [-0.2, -0.15) is 0 Å². The molecule has 1 heterocycles. The van der Waals surface area contributed by atoms with Crippen LogP contribution in [-0.4, -0.2) is 17.4 Å². The first-order chi connectivity index (χ1) is 11.6. The highest BCUT2D eigenvalue weighted by Gasteiger charge is 2.16. The van der Waals surface area contributed by atoms with Gasteiger partial charge >= 0.3 is 0 Å². The van der Waals surface area contributed by atoms with Crippen LogP contribution in [0.25, 0.3) is 5.57 Å². The maximum Gasteiger partial charge on any atom is 0.258 e. The Kier molecular flexibility index (Phi) is 5.05. The molecule has 0 saturated carbocycles. The average Bonchev–Trinajstić information content (AvgIpc) is 2.63. The average molecular weight is 359 g/mol. The summed E-state index contributed by atoms with van der Waals surface area (Å²) in [4.78, 5) is 14.2. The van der Waals surface area contributed by atoms with E-state index in [1.54, 1.807) is 29.3 Å². The zero-order valence-electron chi connectivity index (χ0n) is 12.9. The Morgan fingerprint density at radius 1 is 1.12 bits per heavy atom. The molecule has 3 nitrogen and oxygen atoms in total. The first-order valence-electron chi connectivity index (χ1n) is 7.52. The number of halogens is 2. The molecule has 2 aromatic carbocycles. The molecule has 0 atom stereocenters. The maximum atomic E-state index is 12.5. The summed E-state index contributed by atoms with van der Waals surface area (Å²) in [6, 6.07) is 13.0. The fourth-order valence-corrected chi connectivity index (χ4v) is 2.83. The number of carbonyl (C=O) groups is 1. The highest BCUT2D eigenvalue weighted by Crippen LogP contribution is 2.25. The van der Waals surface area contributed by atoms with Crippen molar-refractivity contribution in [1.29, 1.82) is 0 Å². The van der Waals surface area contributed by atoms with Crippen molar-refractivity contribution in [2.24, 2.45) is 5.73 Å². The van der Waals surface area contributed by atoms with Crippen molar-refractivity contribution in [3.63, 3.8) is 0 Å². The molecule has 0 aliphatic carbocycles. The summed E-state index contributed by atoms with van der Waals surface area (Å²) in [5, 5.41) is 0.808. The van der Waals surface area contributed by atoms with Crippen molar-refractivity contribution < 1.29 is 4.79 Å². The Balaban J connectivity index is 1.76. The molecule has 1 aliphatic rings. The summed E-state index contributed by atoms with van der Waals surface area (Å²) < 4.78 is 0. The Bertz CT molecular complexity index is 843. The van der Waals surface area contributed by atoms with Gasteiger partial charge in [0.1, 0.15) is 0 Å². The zero-order chi connectivity index (χ0) is 17.1. The van der Waals surface area contributed by atoms with Crippen molar-refractivity contribution in [3.05, 3.63) is 87.6 Å². The summed E-state index contributed by atoms with van der Waals surface area (Å²) in [7, 11) is 0. The summed E-state index contributed by atoms with van der Waals surface area (Å²) in [5.74, 6) is -0.115. The molecule has 1 aliphatic heterocycles. The second-order valence-corrected chi connectivity index (χ2v) is 6.28. The summed E-state index contributed by atoms with van der Waals surface area (Å²) in [5.41, 5.74) is 9.44. The van der Waals surface area contributed by atoms with Crippen LogP contribution in [0.1, 0.15) is 21.5 Å². The molecule has 0 radical (unpaired) electrons. The van der Waals surface area contributed by atoms with Crippen LogP contribution in [0.5, 0.6) is 0 Å².